The molecular weight excluding hydrogens is 232 g/mol. The van der Waals surface area contributed by atoms with Gasteiger partial charge in [0.25, 0.3) is 0 Å². The van der Waals surface area contributed by atoms with Crippen molar-refractivity contribution in [3.63, 3.8) is 0 Å². The van der Waals surface area contributed by atoms with Crippen LogP contribution in [0.2, 0.25) is 0 Å². The molecule has 3 aliphatic heterocycles. The predicted molar refractivity (Wildman–Crippen MR) is 62.0 cm³/mol. The van der Waals surface area contributed by atoms with Gasteiger partial charge in [-0.2, -0.15) is 0 Å². The van der Waals surface area contributed by atoms with Gasteiger partial charge in [-0.1, -0.05) is 6.08 Å². The van der Waals surface area contributed by atoms with Crippen molar-refractivity contribution in [3.05, 3.63) is 12.7 Å². The minimum atomic E-state index is 0.384. The van der Waals surface area contributed by atoms with Crippen LogP contribution >= 0.6 is 11.6 Å². The number of ether oxygens (including phenoxy) is 4. The van der Waals surface area contributed by atoms with E-state index in [0.717, 1.165) is 33.0 Å². The van der Waals surface area contributed by atoms with E-state index in [9.17, 15) is 0 Å². The Morgan fingerprint density at radius 2 is 1.81 bits per heavy atom. The molecule has 3 aliphatic rings. The Hall–Kier alpha value is -0.130. The van der Waals surface area contributed by atoms with E-state index in [1.165, 1.54) is 0 Å². The summed E-state index contributed by atoms with van der Waals surface area (Å²) in [5, 5.41) is 0. The highest BCUT2D eigenvalue weighted by atomic mass is 35.5. The minimum Gasteiger partial charge on any atom is -0.377 e. The summed E-state index contributed by atoms with van der Waals surface area (Å²) in [4.78, 5) is 0. The zero-order chi connectivity index (χ0) is 11.6. The smallest absolute Gasteiger partial charge is 0.104 e. The van der Waals surface area contributed by atoms with Gasteiger partial charge in [0.1, 0.15) is 6.10 Å². The highest BCUT2D eigenvalue weighted by Gasteiger charge is 2.21. The summed E-state index contributed by atoms with van der Waals surface area (Å²) in [6.45, 7) is 8.63. The fourth-order valence-electron chi connectivity index (χ4n) is 0.604. The zero-order valence-electron chi connectivity index (χ0n) is 9.40. The molecule has 0 amide bonds. The topological polar surface area (TPSA) is 46.8 Å². The van der Waals surface area contributed by atoms with Gasteiger partial charge in [-0.25, -0.2) is 0 Å². The zero-order valence-corrected chi connectivity index (χ0v) is 10.2. The summed E-state index contributed by atoms with van der Waals surface area (Å²) in [6, 6.07) is 0. The SMILES string of the molecule is C1CO1.C=CCOCC1CO1.ClCC1CO1. The highest BCUT2D eigenvalue weighted by Crippen LogP contribution is 2.08. The van der Waals surface area contributed by atoms with E-state index in [-0.39, 0.29) is 0 Å². The third-order valence-electron chi connectivity index (χ3n) is 1.72. The first-order valence-electron chi connectivity index (χ1n) is 5.42. The van der Waals surface area contributed by atoms with Crippen molar-refractivity contribution in [1.29, 1.82) is 0 Å². The third-order valence-corrected chi connectivity index (χ3v) is 2.06. The molecule has 0 aromatic carbocycles. The van der Waals surface area contributed by atoms with Crippen LogP contribution in [0.1, 0.15) is 0 Å². The Morgan fingerprint density at radius 3 is 2.06 bits per heavy atom. The second-order valence-corrected chi connectivity index (χ2v) is 3.81. The van der Waals surface area contributed by atoms with Crippen molar-refractivity contribution in [2.45, 2.75) is 12.2 Å². The van der Waals surface area contributed by atoms with E-state index in [4.69, 9.17) is 25.8 Å². The second kappa shape index (κ2) is 8.96. The molecule has 5 heteroatoms. The van der Waals surface area contributed by atoms with Crippen LogP contribution in [0.25, 0.3) is 0 Å². The second-order valence-electron chi connectivity index (χ2n) is 3.50. The van der Waals surface area contributed by atoms with Crippen LogP contribution in [0, 0.1) is 0 Å². The molecule has 0 radical (unpaired) electrons. The average Bonchev–Trinajstić information content (AvgIpc) is 3.21. The fraction of sp³-hybridized carbons (Fsp3) is 0.818. The Balaban J connectivity index is 0.000000135. The van der Waals surface area contributed by atoms with Gasteiger partial charge in [0, 0.05) is 0 Å². The Labute approximate surface area is 101 Å². The van der Waals surface area contributed by atoms with Crippen molar-refractivity contribution >= 4 is 11.6 Å². The molecule has 94 valence electrons. The molecule has 0 spiro atoms. The van der Waals surface area contributed by atoms with E-state index in [2.05, 4.69) is 11.3 Å². The van der Waals surface area contributed by atoms with Gasteiger partial charge < -0.3 is 18.9 Å². The quantitative estimate of drug-likeness (QED) is 0.319. The van der Waals surface area contributed by atoms with Crippen molar-refractivity contribution in [1.82, 2.24) is 0 Å². The lowest BCUT2D eigenvalue weighted by molar-refractivity contribution is 0.141. The fourth-order valence-corrected chi connectivity index (χ4v) is 0.782. The normalized spacial score (nSPS) is 27.8. The number of hydrogen-bond donors (Lipinski definition) is 0. The van der Waals surface area contributed by atoms with Crippen LogP contribution in [0.3, 0.4) is 0 Å². The Kier molecular flexibility index (Phi) is 7.80. The number of alkyl halides is 1. The average molecular weight is 251 g/mol. The van der Waals surface area contributed by atoms with E-state index < -0.39 is 0 Å². The van der Waals surface area contributed by atoms with Crippen LogP contribution in [0.15, 0.2) is 12.7 Å². The first-order valence-corrected chi connectivity index (χ1v) is 5.95. The van der Waals surface area contributed by atoms with E-state index in [1.807, 2.05) is 0 Å². The largest absolute Gasteiger partial charge is 0.377 e. The standard InChI is InChI=1S/C6H10O2.C3H5ClO.C2H4O/c1-2-3-7-4-6-5-8-6;4-1-3-2-5-3;1-2-3-1/h2,6H,1,3-5H2;3H,1-2H2;1-2H2. The lowest BCUT2D eigenvalue weighted by atomic mass is 10.5. The van der Waals surface area contributed by atoms with Crippen molar-refractivity contribution < 1.29 is 18.9 Å². The first-order chi connectivity index (χ1) is 7.86. The van der Waals surface area contributed by atoms with Crippen LogP contribution in [-0.4, -0.2) is 57.7 Å². The molecule has 3 fully saturated rings. The molecular formula is C11H19ClO4. The number of hydrogen-bond acceptors (Lipinski definition) is 4. The van der Waals surface area contributed by atoms with Gasteiger partial charge >= 0.3 is 0 Å². The molecule has 2 atom stereocenters. The van der Waals surface area contributed by atoms with Gasteiger partial charge in [0.05, 0.1) is 51.6 Å². The van der Waals surface area contributed by atoms with E-state index >= 15 is 0 Å². The molecule has 0 saturated carbocycles. The monoisotopic (exact) mass is 250 g/mol. The number of rotatable bonds is 5. The van der Waals surface area contributed by atoms with Crippen LogP contribution < -0.4 is 0 Å². The summed E-state index contributed by atoms with van der Waals surface area (Å²) in [5.74, 6) is 0.667. The summed E-state index contributed by atoms with van der Waals surface area (Å²) in [5.41, 5.74) is 0. The maximum Gasteiger partial charge on any atom is 0.104 e. The molecule has 0 aromatic heterocycles. The summed E-state index contributed by atoms with van der Waals surface area (Å²) in [7, 11) is 0. The molecule has 3 rings (SSSR count). The van der Waals surface area contributed by atoms with E-state index in [0.29, 0.717) is 24.7 Å². The Bertz CT molecular complexity index is 176. The predicted octanol–water partition coefficient (Wildman–Crippen LogP) is 1.23. The Morgan fingerprint density at radius 1 is 1.25 bits per heavy atom. The van der Waals surface area contributed by atoms with Gasteiger partial charge in [-0.05, 0) is 0 Å². The summed E-state index contributed by atoms with van der Waals surface area (Å²) < 4.78 is 19.2. The van der Waals surface area contributed by atoms with Gasteiger partial charge in [0.15, 0.2) is 0 Å². The van der Waals surface area contributed by atoms with Crippen molar-refractivity contribution in [2.75, 3.05) is 45.5 Å². The maximum absolute atomic E-state index is 5.27. The number of epoxide rings is 3. The van der Waals surface area contributed by atoms with Gasteiger partial charge in [-0.3, -0.25) is 0 Å². The lowest BCUT2D eigenvalue weighted by Crippen LogP contribution is -2.00. The van der Waals surface area contributed by atoms with Crippen LogP contribution in [0.4, 0.5) is 0 Å². The molecule has 0 aliphatic carbocycles. The van der Waals surface area contributed by atoms with E-state index in [1.54, 1.807) is 6.08 Å². The van der Waals surface area contributed by atoms with Crippen LogP contribution in [0.5, 0.6) is 0 Å². The molecule has 3 saturated heterocycles. The lowest BCUT2D eigenvalue weighted by Gasteiger charge is -1.92. The van der Waals surface area contributed by atoms with Gasteiger partial charge in [0.2, 0.25) is 0 Å². The number of halogens is 1. The molecule has 0 aromatic rings. The highest BCUT2D eigenvalue weighted by molar-refractivity contribution is 6.18. The molecule has 3 heterocycles. The first kappa shape index (κ1) is 13.9. The van der Waals surface area contributed by atoms with Crippen molar-refractivity contribution in [3.8, 4) is 0 Å². The molecule has 4 nitrogen and oxygen atoms in total. The summed E-state index contributed by atoms with van der Waals surface area (Å²) in [6.07, 6.45) is 2.52. The maximum atomic E-state index is 5.27. The summed E-state index contributed by atoms with van der Waals surface area (Å²) >= 11 is 5.27. The molecule has 16 heavy (non-hydrogen) atoms. The molecule has 2 unspecified atom stereocenters. The van der Waals surface area contributed by atoms with Gasteiger partial charge in [-0.15, -0.1) is 18.2 Å². The van der Waals surface area contributed by atoms with Crippen molar-refractivity contribution in [2.24, 2.45) is 0 Å². The molecule has 0 N–H and O–H groups in total. The molecule has 0 bridgehead atoms. The van der Waals surface area contributed by atoms with Crippen LogP contribution in [-0.2, 0) is 18.9 Å². The third kappa shape index (κ3) is 11.9. The minimum absolute atomic E-state index is 0.384.